The summed E-state index contributed by atoms with van der Waals surface area (Å²) in [6, 6.07) is 6.81. The molecule has 20 nitrogen and oxygen atoms in total. The van der Waals surface area contributed by atoms with Gasteiger partial charge in [-0.25, -0.2) is 0 Å². The van der Waals surface area contributed by atoms with Crippen molar-refractivity contribution in [1.82, 2.24) is 29.9 Å². The molecule has 0 aliphatic rings. The topological polar surface area (TPSA) is 310 Å². The molecule has 49 heavy (non-hydrogen) atoms. The lowest BCUT2D eigenvalue weighted by Gasteiger charge is -2.13. The van der Waals surface area contributed by atoms with Crippen LogP contribution in [0.4, 0.5) is 41.1 Å². The predicted octanol–water partition coefficient (Wildman–Crippen LogP) is 1.38. The number of nitrogens with zero attached hydrogens (tertiary/aromatic N) is 6. The molecular formula is C27H33N11O9S2. The van der Waals surface area contributed by atoms with Crippen molar-refractivity contribution in [2.75, 3.05) is 47.3 Å². The monoisotopic (exact) mass is 719 g/mol. The average molecular weight is 720 g/mol. The Bertz CT molecular complexity index is 2070. The second-order valence-electron chi connectivity index (χ2n) is 10.3. The smallest absolute Gasteiger partial charge is 0.322 e. The van der Waals surface area contributed by atoms with Crippen LogP contribution < -0.4 is 31.7 Å². The number of aliphatic hydroxyl groups excluding tert-OH is 2. The van der Waals surface area contributed by atoms with E-state index in [1.54, 1.807) is 13.8 Å². The highest BCUT2D eigenvalue weighted by atomic mass is 32.2. The van der Waals surface area contributed by atoms with Gasteiger partial charge in [0.25, 0.3) is 20.2 Å². The second kappa shape index (κ2) is 15.3. The Balaban J connectivity index is 1.64. The lowest BCUT2D eigenvalue weighted by Crippen LogP contribution is -2.21. The third kappa shape index (κ3) is 10.1. The molecule has 0 aliphatic heterocycles. The molecule has 0 bridgehead atoms. The van der Waals surface area contributed by atoms with E-state index in [0.717, 1.165) is 12.1 Å². The van der Waals surface area contributed by atoms with E-state index in [-0.39, 0.29) is 71.5 Å². The van der Waals surface area contributed by atoms with Gasteiger partial charge in [-0.15, -0.1) is 0 Å². The highest BCUT2D eigenvalue weighted by molar-refractivity contribution is 7.86. The molecule has 0 amide bonds. The first-order valence-electron chi connectivity index (χ1n) is 14.1. The SMILES string of the molecule is COc1nc(Nc2ccc(C=Cc3ccc(Nc4nc(N)nc(NC(C)CO)n4)cc3S(=O)(=O)O)c(S(=O)(=O)O)c2)nc(NC(C)CO)n1. The number of anilines is 7. The molecule has 2 aromatic carbocycles. The van der Waals surface area contributed by atoms with E-state index >= 15 is 0 Å². The maximum absolute atomic E-state index is 12.4. The van der Waals surface area contributed by atoms with Gasteiger partial charge < -0.3 is 42.0 Å². The first-order valence-corrected chi connectivity index (χ1v) is 17.0. The number of aromatic nitrogens is 6. The molecule has 2 unspecified atom stereocenters. The molecule has 2 aromatic heterocycles. The van der Waals surface area contributed by atoms with Crippen LogP contribution in [-0.4, -0.2) is 98.5 Å². The van der Waals surface area contributed by atoms with Crippen molar-refractivity contribution in [2.45, 2.75) is 35.7 Å². The number of benzene rings is 2. The minimum Gasteiger partial charge on any atom is -0.467 e. The van der Waals surface area contributed by atoms with E-state index in [2.05, 4.69) is 51.2 Å². The van der Waals surface area contributed by atoms with Crippen LogP contribution in [0.1, 0.15) is 25.0 Å². The third-order valence-electron chi connectivity index (χ3n) is 6.29. The summed E-state index contributed by atoms with van der Waals surface area (Å²) < 4.78 is 74.5. The van der Waals surface area contributed by atoms with Crippen molar-refractivity contribution in [2.24, 2.45) is 0 Å². The Morgan fingerprint density at radius 1 is 0.714 bits per heavy atom. The zero-order valence-corrected chi connectivity index (χ0v) is 27.7. The van der Waals surface area contributed by atoms with Gasteiger partial charge >= 0.3 is 6.01 Å². The van der Waals surface area contributed by atoms with Crippen molar-refractivity contribution in [3.8, 4) is 6.01 Å². The molecule has 0 radical (unpaired) electrons. The summed E-state index contributed by atoms with van der Waals surface area (Å²) in [5.74, 6) is -0.183. The summed E-state index contributed by atoms with van der Waals surface area (Å²) >= 11 is 0. The number of nitrogens with one attached hydrogen (secondary N) is 4. The van der Waals surface area contributed by atoms with Crippen molar-refractivity contribution < 1.29 is 40.9 Å². The standard InChI is InChI=1S/C27H33N11O9S2/c1-14(12-39)29-23-33-22(28)34-25(35-23)31-18-8-6-16(20(10-18)48(41,42)43)4-5-17-7-9-19(11-21(17)49(44,45)46)32-26-36-24(30-15(2)13-40)37-27(38-26)47-3/h4-11,14-15,39-40H,12-13H2,1-3H3,(H,41,42,43)(H,44,45,46)(H2,30,32,36,37,38)(H4,28,29,31,33,34,35). The fourth-order valence-electron chi connectivity index (χ4n) is 4.00. The Morgan fingerprint density at radius 3 is 1.55 bits per heavy atom. The Labute approximate surface area is 280 Å². The second-order valence-corrected chi connectivity index (χ2v) is 13.1. The minimum atomic E-state index is -4.82. The first-order chi connectivity index (χ1) is 23.1. The minimum absolute atomic E-state index is 0.0401. The number of methoxy groups -OCH3 is 1. The van der Waals surface area contributed by atoms with Crippen LogP contribution in [0.5, 0.6) is 6.01 Å². The number of nitrogen functional groups attached to an aromatic ring is 1. The van der Waals surface area contributed by atoms with Crippen LogP contribution in [0.2, 0.25) is 0 Å². The molecular weight excluding hydrogens is 686 g/mol. The number of aliphatic hydroxyl groups is 2. The maximum atomic E-state index is 12.4. The first kappa shape index (κ1) is 36.6. The highest BCUT2D eigenvalue weighted by Gasteiger charge is 2.19. The highest BCUT2D eigenvalue weighted by Crippen LogP contribution is 2.28. The summed E-state index contributed by atoms with van der Waals surface area (Å²) in [7, 11) is -8.32. The van der Waals surface area contributed by atoms with Gasteiger partial charge in [-0.05, 0) is 49.2 Å². The largest absolute Gasteiger partial charge is 0.467 e. The van der Waals surface area contributed by atoms with Crippen molar-refractivity contribution >= 4 is 73.5 Å². The lowest BCUT2D eigenvalue weighted by atomic mass is 10.1. The fourth-order valence-corrected chi connectivity index (χ4v) is 5.42. The normalized spacial score (nSPS) is 13.1. The summed E-state index contributed by atoms with van der Waals surface area (Å²) in [6.07, 6.45) is 2.45. The molecule has 10 N–H and O–H groups in total. The van der Waals surface area contributed by atoms with Crippen molar-refractivity contribution in [1.29, 1.82) is 0 Å². The van der Waals surface area contributed by atoms with Gasteiger partial charge in [-0.2, -0.15) is 46.7 Å². The summed E-state index contributed by atoms with van der Waals surface area (Å²) in [6.45, 7) is 2.93. The maximum Gasteiger partial charge on any atom is 0.322 e. The van der Waals surface area contributed by atoms with Crippen molar-refractivity contribution in [3.05, 3.63) is 47.5 Å². The molecule has 4 aromatic rings. The van der Waals surface area contributed by atoms with Gasteiger partial charge in [0, 0.05) is 23.5 Å². The number of ether oxygens (including phenoxy) is 1. The van der Waals surface area contributed by atoms with Crippen molar-refractivity contribution in [3.63, 3.8) is 0 Å². The van der Waals surface area contributed by atoms with E-state index in [4.69, 9.17) is 10.5 Å². The summed E-state index contributed by atoms with van der Waals surface area (Å²) in [4.78, 5) is 23.1. The third-order valence-corrected chi connectivity index (χ3v) is 8.11. The van der Waals surface area contributed by atoms with E-state index in [1.807, 2.05) is 0 Å². The fraction of sp³-hybridized carbons (Fsp3) is 0.259. The molecule has 2 heterocycles. The van der Waals surface area contributed by atoms with Gasteiger partial charge in [0.15, 0.2) is 0 Å². The zero-order valence-electron chi connectivity index (χ0n) is 26.1. The van der Waals surface area contributed by atoms with Crippen LogP contribution in [-0.2, 0) is 20.2 Å². The lowest BCUT2D eigenvalue weighted by molar-refractivity contribution is 0.280. The van der Waals surface area contributed by atoms with E-state index in [1.165, 1.54) is 43.5 Å². The molecule has 4 rings (SSSR count). The quantitative estimate of drug-likeness (QED) is 0.0619. The Hall–Kier alpha value is -5.26. The van der Waals surface area contributed by atoms with Gasteiger partial charge in [0.1, 0.15) is 9.79 Å². The molecule has 2 atom stereocenters. The van der Waals surface area contributed by atoms with Crippen LogP contribution in [0.15, 0.2) is 46.2 Å². The van der Waals surface area contributed by atoms with Gasteiger partial charge in [0.2, 0.25) is 29.7 Å². The Morgan fingerprint density at radius 2 is 1.12 bits per heavy atom. The zero-order chi connectivity index (χ0) is 35.9. The van der Waals surface area contributed by atoms with Gasteiger partial charge in [0.05, 0.1) is 20.3 Å². The van der Waals surface area contributed by atoms with E-state index in [0.29, 0.717) is 0 Å². The predicted molar refractivity (Wildman–Crippen MR) is 179 cm³/mol. The molecule has 0 aliphatic carbocycles. The number of rotatable bonds is 15. The Kier molecular flexibility index (Phi) is 11.4. The van der Waals surface area contributed by atoms with Gasteiger partial charge in [-0.1, -0.05) is 24.3 Å². The van der Waals surface area contributed by atoms with Gasteiger partial charge in [-0.3, -0.25) is 9.11 Å². The molecule has 0 spiro atoms. The molecule has 0 fully saturated rings. The number of hydrogen-bond donors (Lipinski definition) is 9. The number of hydrogen-bond acceptors (Lipinski definition) is 18. The summed E-state index contributed by atoms with van der Waals surface area (Å²) in [5, 5.41) is 29.8. The van der Waals surface area contributed by atoms with E-state index < -0.39 is 42.1 Å². The van der Waals surface area contributed by atoms with Crippen LogP contribution >= 0.6 is 0 Å². The van der Waals surface area contributed by atoms with E-state index in [9.17, 15) is 36.2 Å². The molecule has 0 saturated carbocycles. The van der Waals surface area contributed by atoms with Crippen LogP contribution in [0, 0.1) is 0 Å². The molecule has 0 saturated heterocycles. The number of nitrogens with two attached hydrogens (primary N) is 1. The average Bonchev–Trinajstić information content (AvgIpc) is 3.03. The summed E-state index contributed by atoms with van der Waals surface area (Å²) in [5.41, 5.74) is 5.92. The van der Waals surface area contributed by atoms with Crippen LogP contribution in [0.3, 0.4) is 0 Å². The molecule has 262 valence electrons. The van der Waals surface area contributed by atoms with Crippen LogP contribution in [0.25, 0.3) is 12.2 Å². The molecule has 22 heteroatoms.